The van der Waals surface area contributed by atoms with Crippen LogP contribution >= 0.6 is 12.4 Å². The highest BCUT2D eigenvalue weighted by atomic mass is 35.5. The lowest BCUT2D eigenvalue weighted by molar-refractivity contribution is -0.153. The fourth-order valence-electron chi connectivity index (χ4n) is 3.93. The summed E-state index contributed by atoms with van der Waals surface area (Å²) in [6, 6.07) is 5.26. The second kappa shape index (κ2) is 9.15. The molecule has 0 bridgehead atoms. The molecule has 1 aliphatic carbocycles. The summed E-state index contributed by atoms with van der Waals surface area (Å²) in [5.74, 6) is 0.627. The molecule has 3 rings (SSSR count). The molecular formula is C19H26ClF3N2O2. The van der Waals surface area contributed by atoms with Gasteiger partial charge in [-0.3, -0.25) is 4.79 Å². The number of aryl methyl sites for hydroxylation is 1. The van der Waals surface area contributed by atoms with Crippen molar-refractivity contribution in [2.45, 2.75) is 63.8 Å². The van der Waals surface area contributed by atoms with Crippen molar-refractivity contribution in [1.29, 1.82) is 0 Å². The van der Waals surface area contributed by atoms with E-state index in [-0.39, 0.29) is 36.7 Å². The zero-order chi connectivity index (χ0) is 18.7. The van der Waals surface area contributed by atoms with Gasteiger partial charge < -0.3 is 15.4 Å². The number of nitrogens with one attached hydrogen (secondary N) is 2. The second-order valence-corrected chi connectivity index (χ2v) is 7.34. The number of carbonyl (C=O) groups excluding carboxylic acids is 1. The van der Waals surface area contributed by atoms with Crippen molar-refractivity contribution >= 4 is 18.3 Å². The highest BCUT2D eigenvalue weighted by Crippen LogP contribution is 2.33. The van der Waals surface area contributed by atoms with E-state index in [4.69, 9.17) is 4.74 Å². The van der Waals surface area contributed by atoms with Gasteiger partial charge in [-0.25, -0.2) is 0 Å². The first-order valence-electron chi connectivity index (χ1n) is 9.14. The molecule has 1 saturated heterocycles. The molecular weight excluding hydrogens is 381 g/mol. The van der Waals surface area contributed by atoms with Crippen LogP contribution in [-0.2, 0) is 11.3 Å². The third-order valence-corrected chi connectivity index (χ3v) is 5.25. The molecule has 1 amide bonds. The quantitative estimate of drug-likeness (QED) is 0.779. The smallest absolute Gasteiger partial charge is 0.422 e. The van der Waals surface area contributed by atoms with Gasteiger partial charge in [-0.2, -0.15) is 13.2 Å². The van der Waals surface area contributed by atoms with Crippen molar-refractivity contribution < 1.29 is 22.7 Å². The maximum Gasteiger partial charge on any atom is 0.422 e. The van der Waals surface area contributed by atoms with E-state index in [1.54, 1.807) is 25.1 Å². The van der Waals surface area contributed by atoms with E-state index in [0.29, 0.717) is 17.5 Å². The molecule has 1 aromatic rings. The highest BCUT2D eigenvalue weighted by molar-refractivity contribution is 5.85. The van der Waals surface area contributed by atoms with E-state index in [9.17, 15) is 18.0 Å². The lowest BCUT2D eigenvalue weighted by Crippen LogP contribution is -2.42. The van der Waals surface area contributed by atoms with E-state index in [1.807, 2.05) is 0 Å². The van der Waals surface area contributed by atoms with Crippen LogP contribution in [0.25, 0.3) is 0 Å². The Labute approximate surface area is 163 Å². The third kappa shape index (κ3) is 6.01. The second-order valence-electron chi connectivity index (χ2n) is 7.34. The molecule has 0 spiro atoms. The number of benzene rings is 1. The number of hydrogen-bond acceptors (Lipinski definition) is 3. The molecule has 4 nitrogen and oxygen atoms in total. The Morgan fingerprint density at radius 1 is 1.30 bits per heavy atom. The average molecular weight is 407 g/mol. The number of ether oxygens (including phenoxy) is 1. The Bertz CT molecular complexity index is 640. The first-order valence-corrected chi connectivity index (χ1v) is 9.14. The minimum Gasteiger partial charge on any atom is -0.484 e. The minimum absolute atomic E-state index is 0. The van der Waals surface area contributed by atoms with Crippen LogP contribution in [0.2, 0.25) is 0 Å². The molecule has 3 unspecified atom stereocenters. The molecule has 2 N–H and O–H groups in total. The largest absolute Gasteiger partial charge is 0.484 e. The van der Waals surface area contributed by atoms with Gasteiger partial charge in [-0.05, 0) is 43.7 Å². The minimum atomic E-state index is -4.39. The van der Waals surface area contributed by atoms with E-state index >= 15 is 0 Å². The third-order valence-electron chi connectivity index (χ3n) is 5.25. The van der Waals surface area contributed by atoms with Gasteiger partial charge in [-0.1, -0.05) is 25.0 Å². The van der Waals surface area contributed by atoms with Gasteiger partial charge in [0.25, 0.3) is 0 Å². The van der Waals surface area contributed by atoms with Crippen LogP contribution < -0.4 is 15.4 Å². The lowest BCUT2D eigenvalue weighted by atomic mass is 9.85. The van der Waals surface area contributed by atoms with Crippen LogP contribution in [0.15, 0.2) is 18.2 Å². The average Bonchev–Trinajstić information content (AvgIpc) is 3.02. The first kappa shape index (κ1) is 21.8. The fraction of sp³-hybridized carbons (Fsp3) is 0.632. The zero-order valence-electron chi connectivity index (χ0n) is 15.3. The molecule has 2 fully saturated rings. The van der Waals surface area contributed by atoms with Crippen LogP contribution in [0.4, 0.5) is 13.2 Å². The molecule has 8 heteroatoms. The normalized spacial score (nSPS) is 24.7. The van der Waals surface area contributed by atoms with Gasteiger partial charge in [0.2, 0.25) is 5.91 Å². The van der Waals surface area contributed by atoms with Crippen LogP contribution in [0.5, 0.6) is 5.75 Å². The Balaban J connectivity index is 0.00000261. The summed E-state index contributed by atoms with van der Waals surface area (Å²) < 4.78 is 42.2. The summed E-state index contributed by atoms with van der Waals surface area (Å²) in [4.78, 5) is 12.5. The maximum atomic E-state index is 12.5. The predicted octanol–water partition coefficient (Wildman–Crippen LogP) is 3.89. The summed E-state index contributed by atoms with van der Waals surface area (Å²) >= 11 is 0. The van der Waals surface area contributed by atoms with Crippen LogP contribution in [0.3, 0.4) is 0 Å². The summed E-state index contributed by atoms with van der Waals surface area (Å²) in [7, 11) is 0. The highest BCUT2D eigenvalue weighted by Gasteiger charge is 2.38. The van der Waals surface area contributed by atoms with E-state index < -0.39 is 12.8 Å². The van der Waals surface area contributed by atoms with Crippen LogP contribution in [-0.4, -0.2) is 30.8 Å². The number of fused-ring (bicyclic) bond motifs is 1. The molecule has 1 aliphatic heterocycles. The SMILES string of the molecule is Cc1ccc(CNC(=O)C2CC3CCCCC3N2)c(OCC(F)(F)F)c1.Cl. The molecule has 1 saturated carbocycles. The van der Waals surface area contributed by atoms with Crippen molar-refractivity contribution in [2.24, 2.45) is 5.92 Å². The summed E-state index contributed by atoms with van der Waals surface area (Å²) in [6.07, 6.45) is 1.14. The Hall–Kier alpha value is -1.47. The number of alkyl halides is 3. The number of rotatable bonds is 5. The fourth-order valence-corrected chi connectivity index (χ4v) is 3.93. The number of amides is 1. The topological polar surface area (TPSA) is 50.4 Å². The van der Waals surface area contributed by atoms with Crippen molar-refractivity contribution in [3.05, 3.63) is 29.3 Å². The summed E-state index contributed by atoms with van der Waals surface area (Å²) in [5.41, 5.74) is 1.35. The molecule has 0 radical (unpaired) electrons. The summed E-state index contributed by atoms with van der Waals surface area (Å²) in [5, 5.41) is 6.25. The van der Waals surface area contributed by atoms with Gasteiger partial charge in [0, 0.05) is 18.2 Å². The Morgan fingerprint density at radius 3 is 2.74 bits per heavy atom. The molecule has 3 atom stereocenters. The number of hydrogen-bond donors (Lipinski definition) is 2. The first-order chi connectivity index (χ1) is 12.3. The molecule has 27 heavy (non-hydrogen) atoms. The van der Waals surface area contributed by atoms with Gasteiger partial charge in [0.15, 0.2) is 6.61 Å². The number of carbonyl (C=O) groups is 1. The van der Waals surface area contributed by atoms with Crippen LogP contribution in [0.1, 0.15) is 43.2 Å². The monoisotopic (exact) mass is 406 g/mol. The van der Waals surface area contributed by atoms with Gasteiger partial charge in [0.1, 0.15) is 5.75 Å². The van der Waals surface area contributed by atoms with Crippen molar-refractivity contribution in [2.75, 3.05) is 6.61 Å². The van der Waals surface area contributed by atoms with E-state index in [0.717, 1.165) is 24.8 Å². The van der Waals surface area contributed by atoms with Crippen molar-refractivity contribution in [3.8, 4) is 5.75 Å². The number of halogens is 4. The zero-order valence-corrected chi connectivity index (χ0v) is 16.1. The van der Waals surface area contributed by atoms with Crippen molar-refractivity contribution in [1.82, 2.24) is 10.6 Å². The molecule has 2 aliphatic rings. The Kier molecular flexibility index (Phi) is 7.40. The van der Waals surface area contributed by atoms with Crippen LogP contribution in [0, 0.1) is 12.8 Å². The molecule has 1 heterocycles. The van der Waals surface area contributed by atoms with Gasteiger partial charge in [0.05, 0.1) is 6.04 Å². The lowest BCUT2D eigenvalue weighted by Gasteiger charge is -2.24. The Morgan fingerprint density at radius 2 is 2.04 bits per heavy atom. The maximum absolute atomic E-state index is 12.5. The predicted molar refractivity (Wildman–Crippen MR) is 99.1 cm³/mol. The van der Waals surface area contributed by atoms with E-state index in [2.05, 4.69) is 10.6 Å². The molecule has 1 aromatic carbocycles. The van der Waals surface area contributed by atoms with Gasteiger partial charge >= 0.3 is 6.18 Å². The summed E-state index contributed by atoms with van der Waals surface area (Å²) in [6.45, 7) is 0.595. The van der Waals surface area contributed by atoms with E-state index in [1.165, 1.54) is 12.8 Å². The van der Waals surface area contributed by atoms with Crippen molar-refractivity contribution in [3.63, 3.8) is 0 Å². The molecule has 152 valence electrons. The standard InChI is InChI=1S/C19H25F3N2O2.ClH/c1-12-6-7-14(17(8-12)26-11-19(20,21)22)10-23-18(25)16-9-13-4-2-3-5-15(13)24-16;/h6-8,13,15-16,24H,2-5,9-11H2,1H3,(H,23,25);1H. The van der Waals surface area contributed by atoms with Gasteiger partial charge in [-0.15, -0.1) is 12.4 Å². The molecule has 0 aromatic heterocycles.